The summed E-state index contributed by atoms with van der Waals surface area (Å²) in [6.45, 7) is 1.94. The molecule has 4 rings (SSSR count). The van der Waals surface area contributed by atoms with Crippen LogP contribution in [0.3, 0.4) is 0 Å². The average molecular weight is 469 g/mol. The topological polar surface area (TPSA) is 138 Å². The van der Waals surface area contributed by atoms with Crippen molar-refractivity contribution in [3.8, 4) is 17.2 Å². The molecule has 1 amide bonds. The molecule has 11 nitrogen and oxygen atoms in total. The fourth-order valence-electron chi connectivity index (χ4n) is 3.20. The molecule has 0 atom stereocenters. The van der Waals surface area contributed by atoms with Gasteiger partial charge in [0, 0.05) is 43.7 Å². The lowest BCUT2D eigenvalue weighted by molar-refractivity contribution is -0.384. The van der Waals surface area contributed by atoms with Crippen molar-refractivity contribution >= 4 is 29.1 Å². The normalized spacial score (nSPS) is 11.9. The van der Waals surface area contributed by atoms with Crippen molar-refractivity contribution in [2.24, 2.45) is 0 Å². The molecular formula is C21H19N5O6S. The lowest BCUT2D eigenvalue weighted by Gasteiger charge is -2.11. The number of amides is 1. The van der Waals surface area contributed by atoms with Gasteiger partial charge in [0.1, 0.15) is 5.82 Å². The van der Waals surface area contributed by atoms with Gasteiger partial charge in [0.2, 0.25) is 12.7 Å². The zero-order valence-electron chi connectivity index (χ0n) is 17.5. The Kier molecular flexibility index (Phi) is 6.54. The van der Waals surface area contributed by atoms with Crippen LogP contribution in [0.25, 0.3) is 5.69 Å². The number of nitrogens with zero attached hydrogens (tertiary/aromatic N) is 4. The van der Waals surface area contributed by atoms with E-state index >= 15 is 0 Å². The van der Waals surface area contributed by atoms with Crippen LogP contribution in [0.5, 0.6) is 11.5 Å². The number of thioether (sulfide) groups is 1. The number of rotatable bonds is 9. The summed E-state index contributed by atoms with van der Waals surface area (Å²) in [5.41, 5.74) is 0.818. The maximum atomic E-state index is 12.7. The summed E-state index contributed by atoms with van der Waals surface area (Å²) >= 11 is 1.16. The second-order valence-electron chi connectivity index (χ2n) is 7.02. The summed E-state index contributed by atoms with van der Waals surface area (Å²) in [5, 5.41) is 22.6. The van der Waals surface area contributed by atoms with Crippen LogP contribution in [0, 0.1) is 10.1 Å². The number of carbonyl (C=O) groups is 2. The minimum Gasteiger partial charge on any atom is -0.454 e. The van der Waals surface area contributed by atoms with Crippen LogP contribution in [0.15, 0.2) is 47.6 Å². The number of benzene rings is 2. The van der Waals surface area contributed by atoms with Gasteiger partial charge in [-0.1, -0.05) is 23.9 Å². The summed E-state index contributed by atoms with van der Waals surface area (Å²) in [4.78, 5) is 34.3. The molecule has 0 spiro atoms. The number of Topliss-reactive ketones (excluding diaryl/α,β-unsaturated/α-hetero) is 1. The average Bonchev–Trinajstić information content (AvgIpc) is 3.43. The standard InChI is InChI=1S/C21H19N5O6S/c1-13(27)22-8-7-20-23-24-21(25(20)15-5-6-18-19(10-15)32-12-31-18)33-11-17(28)14-3-2-4-16(9-14)26(29)30/h2-6,9-10H,7-8,11-12H2,1H3,(H,22,27). The Bertz CT molecular complexity index is 1230. The second kappa shape index (κ2) is 9.69. The van der Waals surface area contributed by atoms with Gasteiger partial charge < -0.3 is 14.8 Å². The smallest absolute Gasteiger partial charge is 0.270 e. The summed E-state index contributed by atoms with van der Waals surface area (Å²) in [6, 6.07) is 11.0. The van der Waals surface area contributed by atoms with E-state index in [1.807, 2.05) is 6.07 Å². The number of nitro groups is 1. The van der Waals surface area contributed by atoms with E-state index in [1.165, 1.54) is 31.2 Å². The van der Waals surface area contributed by atoms with Gasteiger partial charge in [0.05, 0.1) is 16.4 Å². The number of hydrogen-bond acceptors (Lipinski definition) is 9. The van der Waals surface area contributed by atoms with Crippen LogP contribution in [-0.2, 0) is 11.2 Å². The van der Waals surface area contributed by atoms with Crippen molar-refractivity contribution in [1.29, 1.82) is 0 Å². The van der Waals surface area contributed by atoms with Gasteiger partial charge in [0.15, 0.2) is 22.4 Å². The van der Waals surface area contributed by atoms with Crippen LogP contribution in [0.2, 0.25) is 0 Å². The summed E-state index contributed by atoms with van der Waals surface area (Å²) < 4.78 is 12.6. The molecular weight excluding hydrogens is 450 g/mol. The Labute approximate surface area is 192 Å². The van der Waals surface area contributed by atoms with E-state index in [2.05, 4.69) is 15.5 Å². The van der Waals surface area contributed by atoms with Gasteiger partial charge in [0.25, 0.3) is 5.69 Å². The number of carbonyl (C=O) groups excluding carboxylic acids is 2. The molecule has 0 saturated carbocycles. The van der Waals surface area contributed by atoms with E-state index in [0.29, 0.717) is 41.1 Å². The molecule has 1 N–H and O–H groups in total. The fraction of sp³-hybridized carbons (Fsp3) is 0.238. The molecule has 3 aromatic rings. The van der Waals surface area contributed by atoms with Crippen LogP contribution in [0.1, 0.15) is 23.1 Å². The Hall–Kier alpha value is -3.93. The van der Waals surface area contributed by atoms with Crippen molar-refractivity contribution in [2.75, 3.05) is 19.1 Å². The van der Waals surface area contributed by atoms with Gasteiger partial charge in [-0.25, -0.2) is 0 Å². The van der Waals surface area contributed by atoms with E-state index in [1.54, 1.807) is 16.7 Å². The van der Waals surface area contributed by atoms with Crippen molar-refractivity contribution < 1.29 is 24.0 Å². The number of nitrogens with one attached hydrogen (secondary N) is 1. The van der Waals surface area contributed by atoms with E-state index in [4.69, 9.17) is 9.47 Å². The van der Waals surface area contributed by atoms with Gasteiger partial charge >= 0.3 is 0 Å². The number of nitro benzene ring substituents is 1. The van der Waals surface area contributed by atoms with Gasteiger partial charge in [-0.05, 0) is 12.1 Å². The molecule has 33 heavy (non-hydrogen) atoms. The minimum absolute atomic E-state index is 0.00947. The molecule has 0 fully saturated rings. The Morgan fingerprint density at radius 1 is 1.18 bits per heavy atom. The highest BCUT2D eigenvalue weighted by molar-refractivity contribution is 7.99. The first kappa shape index (κ1) is 22.3. The van der Waals surface area contributed by atoms with Gasteiger partial charge in [-0.15, -0.1) is 10.2 Å². The maximum absolute atomic E-state index is 12.7. The van der Waals surface area contributed by atoms with Crippen LogP contribution >= 0.6 is 11.8 Å². The first-order valence-corrected chi connectivity index (χ1v) is 10.9. The first-order chi connectivity index (χ1) is 15.9. The molecule has 12 heteroatoms. The highest BCUT2D eigenvalue weighted by Crippen LogP contribution is 2.35. The van der Waals surface area contributed by atoms with Crippen LogP contribution in [-0.4, -0.2) is 50.5 Å². The number of hydrogen-bond donors (Lipinski definition) is 1. The summed E-state index contributed by atoms with van der Waals surface area (Å²) in [7, 11) is 0. The lowest BCUT2D eigenvalue weighted by atomic mass is 10.1. The quantitative estimate of drug-likeness (QED) is 0.217. The molecule has 0 bridgehead atoms. The zero-order valence-corrected chi connectivity index (χ0v) is 18.3. The third kappa shape index (κ3) is 5.12. The number of ether oxygens (including phenoxy) is 2. The molecule has 0 unspecified atom stereocenters. The SMILES string of the molecule is CC(=O)NCCc1nnc(SCC(=O)c2cccc([N+](=O)[O-])c2)n1-c1ccc2c(c1)OCO2. The molecule has 0 saturated heterocycles. The predicted molar refractivity (Wildman–Crippen MR) is 118 cm³/mol. The number of aromatic nitrogens is 3. The van der Waals surface area contributed by atoms with E-state index in [0.717, 1.165) is 11.8 Å². The highest BCUT2D eigenvalue weighted by atomic mass is 32.2. The van der Waals surface area contributed by atoms with E-state index in [-0.39, 0.29) is 35.5 Å². The lowest BCUT2D eigenvalue weighted by Crippen LogP contribution is -2.23. The Balaban J connectivity index is 1.58. The van der Waals surface area contributed by atoms with Crippen molar-refractivity contribution in [2.45, 2.75) is 18.5 Å². The van der Waals surface area contributed by atoms with Crippen LogP contribution in [0.4, 0.5) is 5.69 Å². The van der Waals surface area contributed by atoms with E-state index in [9.17, 15) is 19.7 Å². The molecule has 2 heterocycles. The Morgan fingerprint density at radius 3 is 2.79 bits per heavy atom. The van der Waals surface area contributed by atoms with Gasteiger partial charge in [-0.2, -0.15) is 0 Å². The number of non-ortho nitro benzene ring substituents is 1. The molecule has 170 valence electrons. The monoisotopic (exact) mass is 469 g/mol. The van der Waals surface area contributed by atoms with E-state index < -0.39 is 4.92 Å². The third-order valence-corrected chi connectivity index (χ3v) is 5.68. The second-order valence-corrected chi connectivity index (χ2v) is 7.97. The minimum atomic E-state index is -0.540. The first-order valence-electron chi connectivity index (χ1n) is 9.91. The van der Waals surface area contributed by atoms with Crippen molar-refractivity contribution in [3.63, 3.8) is 0 Å². The summed E-state index contributed by atoms with van der Waals surface area (Å²) in [5.74, 6) is 1.38. The molecule has 0 aliphatic carbocycles. The Morgan fingerprint density at radius 2 is 2.00 bits per heavy atom. The molecule has 1 aliphatic rings. The molecule has 2 aromatic carbocycles. The number of ketones is 1. The predicted octanol–water partition coefficient (Wildman–Crippen LogP) is 2.56. The highest BCUT2D eigenvalue weighted by Gasteiger charge is 2.20. The molecule has 0 radical (unpaired) electrons. The fourth-order valence-corrected chi connectivity index (χ4v) is 4.06. The zero-order chi connectivity index (χ0) is 23.4. The number of fused-ring (bicyclic) bond motifs is 1. The molecule has 1 aliphatic heterocycles. The largest absolute Gasteiger partial charge is 0.454 e. The summed E-state index contributed by atoms with van der Waals surface area (Å²) in [6.07, 6.45) is 0.417. The van der Waals surface area contributed by atoms with Gasteiger partial charge in [-0.3, -0.25) is 24.3 Å². The third-order valence-electron chi connectivity index (χ3n) is 4.75. The maximum Gasteiger partial charge on any atom is 0.270 e. The van der Waals surface area contributed by atoms with Crippen molar-refractivity contribution in [3.05, 3.63) is 64.0 Å². The molecule has 1 aromatic heterocycles. The van der Waals surface area contributed by atoms with Crippen molar-refractivity contribution in [1.82, 2.24) is 20.1 Å². The van der Waals surface area contributed by atoms with Crippen LogP contribution < -0.4 is 14.8 Å².